The number of piperidine rings is 1. The van der Waals surface area contributed by atoms with Crippen molar-refractivity contribution in [3.63, 3.8) is 0 Å². The van der Waals surface area contributed by atoms with Crippen LogP contribution in [-0.2, 0) is 0 Å². The smallest absolute Gasteiger partial charge is 0.251 e. The molecule has 212 valence electrons. The van der Waals surface area contributed by atoms with Gasteiger partial charge in [-0.3, -0.25) is 9.89 Å². The Morgan fingerprint density at radius 2 is 1.76 bits per heavy atom. The number of likely N-dealkylation sites (tertiary alicyclic amines) is 1. The minimum atomic E-state index is -0.0653. The minimum absolute atomic E-state index is 0.0328. The number of aromatic amines is 1. The zero-order valence-electron chi connectivity index (χ0n) is 23.6. The Bertz CT molecular complexity index is 1520. The number of methoxy groups -OCH3 is 1. The summed E-state index contributed by atoms with van der Waals surface area (Å²) >= 11 is 0. The minimum Gasteiger partial charge on any atom is -0.493 e. The molecule has 1 atom stereocenters. The molecule has 2 N–H and O–H groups in total. The highest BCUT2D eigenvalue weighted by Gasteiger charge is 2.34. The van der Waals surface area contributed by atoms with Crippen LogP contribution in [0.25, 0.3) is 22.2 Å². The summed E-state index contributed by atoms with van der Waals surface area (Å²) < 4.78 is 12.2. The molecule has 7 nitrogen and oxygen atoms in total. The molecule has 0 spiro atoms. The normalized spacial score (nSPS) is 19.0. The number of aromatic nitrogens is 2. The fraction of sp³-hybridized carbons (Fsp3) is 0.412. The third-order valence-electron chi connectivity index (χ3n) is 9.16. The van der Waals surface area contributed by atoms with Crippen molar-refractivity contribution in [1.82, 2.24) is 20.4 Å². The van der Waals surface area contributed by atoms with E-state index in [0.717, 1.165) is 78.3 Å². The van der Waals surface area contributed by atoms with E-state index in [-0.39, 0.29) is 18.1 Å². The van der Waals surface area contributed by atoms with Crippen LogP contribution in [0.5, 0.6) is 11.5 Å². The fourth-order valence-corrected chi connectivity index (χ4v) is 6.37. The molecule has 7 rings (SSSR count). The van der Waals surface area contributed by atoms with Crippen molar-refractivity contribution in [3.8, 4) is 22.8 Å². The molecule has 0 bridgehead atoms. The molecule has 1 aromatic heterocycles. The number of rotatable bonds is 9. The first-order valence-electron chi connectivity index (χ1n) is 15.1. The maximum atomic E-state index is 13.4. The number of H-pyrrole nitrogens is 1. The SMILES string of the molecule is COc1cc(-c2n[nH]c3ccc(C(=O)NC(c4ccccc4)C4CC4)cc23)ccc1OC1CCN(C2CCC2)CC1. The van der Waals surface area contributed by atoms with Crippen LogP contribution >= 0.6 is 0 Å². The number of carbonyl (C=O) groups is 1. The average molecular weight is 551 g/mol. The van der Waals surface area contributed by atoms with Gasteiger partial charge in [-0.2, -0.15) is 5.10 Å². The molecule has 2 aliphatic carbocycles. The number of amides is 1. The summed E-state index contributed by atoms with van der Waals surface area (Å²) in [6.07, 6.45) is 8.66. The van der Waals surface area contributed by atoms with Crippen LogP contribution in [0.4, 0.5) is 0 Å². The van der Waals surface area contributed by atoms with Gasteiger partial charge in [0.05, 0.1) is 18.7 Å². The maximum Gasteiger partial charge on any atom is 0.251 e. The number of hydrogen-bond acceptors (Lipinski definition) is 5. The van der Waals surface area contributed by atoms with E-state index < -0.39 is 0 Å². The predicted octanol–water partition coefficient (Wildman–Crippen LogP) is 6.52. The largest absolute Gasteiger partial charge is 0.493 e. The molecule has 2 saturated carbocycles. The van der Waals surface area contributed by atoms with E-state index in [1.807, 2.05) is 54.6 Å². The van der Waals surface area contributed by atoms with Crippen LogP contribution in [0, 0.1) is 5.92 Å². The molecule has 1 saturated heterocycles. The molecule has 1 aliphatic heterocycles. The van der Waals surface area contributed by atoms with E-state index in [1.54, 1.807) is 7.11 Å². The van der Waals surface area contributed by atoms with Crippen LogP contribution in [0.3, 0.4) is 0 Å². The van der Waals surface area contributed by atoms with E-state index in [9.17, 15) is 4.79 Å². The lowest BCUT2D eigenvalue weighted by Crippen LogP contribution is -2.46. The predicted molar refractivity (Wildman–Crippen MR) is 160 cm³/mol. The van der Waals surface area contributed by atoms with Gasteiger partial charge in [0.15, 0.2) is 11.5 Å². The van der Waals surface area contributed by atoms with Crippen molar-refractivity contribution in [2.45, 2.75) is 63.1 Å². The topological polar surface area (TPSA) is 79.5 Å². The standard InChI is InChI=1S/C34H38N4O3/c1-40-31-21-24(13-15-30(31)41-27-16-18-38(19-17-27)26-8-5-9-26)33-28-20-25(12-14-29(28)36-37-33)34(39)35-32(23-10-11-23)22-6-3-2-4-7-22/h2-4,6-7,12-15,20-21,23,26-27,32H,5,8-11,16-19H2,1H3,(H,35,39)(H,36,37). The second kappa shape index (κ2) is 11.2. The molecule has 2 heterocycles. The maximum absolute atomic E-state index is 13.4. The third-order valence-corrected chi connectivity index (χ3v) is 9.16. The first kappa shape index (κ1) is 26.1. The second-order valence-electron chi connectivity index (χ2n) is 11.8. The molecule has 41 heavy (non-hydrogen) atoms. The zero-order valence-corrected chi connectivity index (χ0v) is 23.6. The van der Waals surface area contributed by atoms with Gasteiger partial charge in [0.25, 0.3) is 5.91 Å². The lowest BCUT2D eigenvalue weighted by molar-refractivity contribution is 0.0482. The van der Waals surface area contributed by atoms with E-state index in [0.29, 0.717) is 17.2 Å². The van der Waals surface area contributed by atoms with Crippen LogP contribution < -0.4 is 14.8 Å². The third kappa shape index (κ3) is 5.43. The van der Waals surface area contributed by atoms with Crippen molar-refractivity contribution >= 4 is 16.8 Å². The summed E-state index contributed by atoms with van der Waals surface area (Å²) in [6.45, 7) is 2.22. The fourth-order valence-electron chi connectivity index (χ4n) is 6.37. The number of nitrogens with one attached hydrogen (secondary N) is 2. The number of nitrogens with zero attached hydrogens (tertiary/aromatic N) is 2. The van der Waals surface area contributed by atoms with Gasteiger partial charge in [-0.1, -0.05) is 36.8 Å². The van der Waals surface area contributed by atoms with Gasteiger partial charge in [-0.25, -0.2) is 0 Å². The first-order chi connectivity index (χ1) is 20.2. The van der Waals surface area contributed by atoms with E-state index in [1.165, 1.54) is 19.3 Å². The molecule has 3 aliphatic rings. The second-order valence-corrected chi connectivity index (χ2v) is 11.8. The monoisotopic (exact) mass is 550 g/mol. The number of ether oxygens (including phenoxy) is 2. The van der Waals surface area contributed by atoms with E-state index in [4.69, 9.17) is 9.47 Å². The highest BCUT2D eigenvalue weighted by Crippen LogP contribution is 2.41. The molecule has 3 fully saturated rings. The summed E-state index contributed by atoms with van der Waals surface area (Å²) in [5.74, 6) is 1.90. The molecular formula is C34H38N4O3. The van der Waals surface area contributed by atoms with Gasteiger partial charge in [-0.15, -0.1) is 0 Å². The molecular weight excluding hydrogens is 512 g/mol. The number of carbonyl (C=O) groups excluding carboxylic acids is 1. The highest BCUT2D eigenvalue weighted by atomic mass is 16.5. The first-order valence-corrected chi connectivity index (χ1v) is 15.1. The Morgan fingerprint density at radius 3 is 2.46 bits per heavy atom. The van der Waals surface area contributed by atoms with Crippen molar-refractivity contribution in [2.75, 3.05) is 20.2 Å². The van der Waals surface area contributed by atoms with E-state index >= 15 is 0 Å². The van der Waals surface area contributed by atoms with E-state index in [2.05, 4.69) is 32.5 Å². The van der Waals surface area contributed by atoms with Crippen molar-refractivity contribution < 1.29 is 14.3 Å². The zero-order chi connectivity index (χ0) is 27.8. The molecule has 3 aromatic carbocycles. The summed E-state index contributed by atoms with van der Waals surface area (Å²) in [5.41, 5.74) is 4.37. The summed E-state index contributed by atoms with van der Waals surface area (Å²) in [4.78, 5) is 16.0. The summed E-state index contributed by atoms with van der Waals surface area (Å²) in [6, 6.07) is 22.8. The van der Waals surface area contributed by atoms with Gasteiger partial charge in [-0.05, 0) is 86.4 Å². The number of fused-ring (bicyclic) bond motifs is 1. The summed E-state index contributed by atoms with van der Waals surface area (Å²) in [7, 11) is 1.68. The Hall–Kier alpha value is -3.84. The highest BCUT2D eigenvalue weighted by molar-refractivity contribution is 6.01. The van der Waals surface area contributed by atoms with Crippen LogP contribution in [-0.4, -0.2) is 53.3 Å². The van der Waals surface area contributed by atoms with Gasteiger partial charge in [0.2, 0.25) is 0 Å². The molecule has 1 amide bonds. The van der Waals surface area contributed by atoms with Gasteiger partial charge >= 0.3 is 0 Å². The van der Waals surface area contributed by atoms with Crippen molar-refractivity contribution in [3.05, 3.63) is 77.9 Å². The van der Waals surface area contributed by atoms with Crippen LogP contribution in [0.2, 0.25) is 0 Å². The summed E-state index contributed by atoms with van der Waals surface area (Å²) in [5, 5.41) is 11.9. The Morgan fingerprint density at radius 1 is 0.951 bits per heavy atom. The van der Waals surface area contributed by atoms with Gasteiger partial charge in [0, 0.05) is 35.6 Å². The Labute approximate surface area is 241 Å². The lowest BCUT2D eigenvalue weighted by atomic mass is 9.90. The number of benzene rings is 3. The van der Waals surface area contributed by atoms with Gasteiger partial charge < -0.3 is 19.7 Å². The van der Waals surface area contributed by atoms with Crippen molar-refractivity contribution in [2.24, 2.45) is 5.92 Å². The van der Waals surface area contributed by atoms with Crippen LogP contribution in [0.15, 0.2) is 66.7 Å². The molecule has 0 radical (unpaired) electrons. The Kier molecular flexibility index (Phi) is 7.13. The molecule has 7 heteroatoms. The molecule has 1 unspecified atom stereocenters. The Balaban J connectivity index is 1.08. The van der Waals surface area contributed by atoms with Crippen molar-refractivity contribution in [1.29, 1.82) is 0 Å². The lowest BCUT2D eigenvalue weighted by Gasteiger charge is -2.41. The number of hydrogen-bond donors (Lipinski definition) is 2. The molecule has 4 aromatic rings. The van der Waals surface area contributed by atoms with Gasteiger partial charge in [0.1, 0.15) is 11.8 Å². The van der Waals surface area contributed by atoms with Crippen LogP contribution in [0.1, 0.15) is 66.9 Å². The quantitative estimate of drug-likeness (QED) is 0.248. The average Bonchev–Trinajstić information content (AvgIpc) is 3.74.